The Labute approximate surface area is 210 Å². The van der Waals surface area contributed by atoms with Crippen LogP contribution in [0.3, 0.4) is 0 Å². The molecule has 0 spiro atoms. The van der Waals surface area contributed by atoms with E-state index in [1.54, 1.807) is 25.3 Å². The molecule has 0 saturated heterocycles. The molecule has 2 N–H and O–H groups in total. The second-order valence-corrected chi connectivity index (χ2v) is 9.64. The molecule has 3 aliphatic carbocycles. The molecule has 36 heavy (non-hydrogen) atoms. The zero-order valence-electron chi connectivity index (χ0n) is 19.5. The summed E-state index contributed by atoms with van der Waals surface area (Å²) in [6.07, 6.45) is 8.44. The summed E-state index contributed by atoms with van der Waals surface area (Å²) < 4.78 is 26.8. The number of esters is 1. The number of aromatic amines is 1. The van der Waals surface area contributed by atoms with E-state index in [0.29, 0.717) is 23.3 Å². The van der Waals surface area contributed by atoms with Crippen LogP contribution in [-0.2, 0) is 9.53 Å². The summed E-state index contributed by atoms with van der Waals surface area (Å²) in [5.74, 6) is -0.314. The fourth-order valence-electron chi connectivity index (χ4n) is 5.68. The highest BCUT2D eigenvalue weighted by molar-refractivity contribution is 6.29. The Balaban J connectivity index is 1.45. The predicted molar refractivity (Wildman–Crippen MR) is 131 cm³/mol. The SMILES string of the molecule is CCOC(=O)[C@H]1C2CCC(CC2)[C@@H]1Nc1nc(-c2c[nH]c3nc(Cl)cnc23)nc(-c2ccco2)c1F. The monoisotopic (exact) mass is 510 g/mol. The Kier molecular flexibility index (Phi) is 5.83. The van der Waals surface area contributed by atoms with E-state index in [9.17, 15) is 4.79 Å². The molecular formula is C25H24ClFN6O3. The highest BCUT2D eigenvalue weighted by Crippen LogP contribution is 2.47. The number of H-pyrrole nitrogens is 1. The van der Waals surface area contributed by atoms with Gasteiger partial charge in [-0.15, -0.1) is 0 Å². The quantitative estimate of drug-likeness (QED) is 0.338. The number of nitrogens with one attached hydrogen (secondary N) is 2. The van der Waals surface area contributed by atoms with Gasteiger partial charge in [-0.3, -0.25) is 4.79 Å². The van der Waals surface area contributed by atoms with Crippen molar-refractivity contribution < 1.29 is 18.3 Å². The van der Waals surface area contributed by atoms with E-state index in [1.807, 2.05) is 0 Å². The number of carbonyl (C=O) groups is 1. The molecule has 2 atom stereocenters. The van der Waals surface area contributed by atoms with Gasteiger partial charge in [-0.2, -0.15) is 0 Å². The standard InChI is InChI=1S/C25H24ClFN6O3/c1-2-35-25(34)17-12-5-7-13(8-6-12)19(17)31-23-18(27)21(15-4-3-9-36-15)32-22(33-23)14-10-29-24-20(14)28-11-16(26)30-24/h3-4,9-13,17,19H,2,5-8H2,1H3,(H,29,30)(H,31,32,33)/t12?,13?,17-,19-/m0/s1. The smallest absolute Gasteiger partial charge is 0.311 e. The fourth-order valence-corrected chi connectivity index (χ4v) is 5.81. The van der Waals surface area contributed by atoms with Crippen molar-refractivity contribution in [2.45, 2.75) is 38.6 Å². The molecule has 3 aliphatic rings. The number of fused-ring (bicyclic) bond motifs is 4. The number of carbonyl (C=O) groups excluding carboxylic acids is 1. The fraction of sp³-hybridized carbons (Fsp3) is 0.400. The summed E-state index contributed by atoms with van der Waals surface area (Å²) in [5.41, 5.74) is 1.52. The van der Waals surface area contributed by atoms with E-state index < -0.39 is 5.82 Å². The summed E-state index contributed by atoms with van der Waals surface area (Å²) in [5, 5.41) is 3.54. The first-order valence-electron chi connectivity index (χ1n) is 12.1. The van der Waals surface area contributed by atoms with Crippen LogP contribution in [-0.4, -0.2) is 43.5 Å². The molecular weight excluding hydrogens is 487 g/mol. The number of hydrogen-bond acceptors (Lipinski definition) is 8. The maximum Gasteiger partial charge on any atom is 0.311 e. The van der Waals surface area contributed by atoms with Crippen LogP contribution in [0.5, 0.6) is 0 Å². The molecule has 9 nitrogen and oxygen atoms in total. The summed E-state index contributed by atoms with van der Waals surface area (Å²) in [4.78, 5) is 33.6. The van der Waals surface area contributed by atoms with Crippen LogP contribution in [0.1, 0.15) is 32.6 Å². The largest absolute Gasteiger partial charge is 0.466 e. The number of nitrogens with zero attached hydrogens (tertiary/aromatic N) is 4. The molecule has 11 heteroatoms. The molecule has 0 amide bonds. The molecule has 0 unspecified atom stereocenters. The highest BCUT2D eigenvalue weighted by Gasteiger charge is 2.48. The third-order valence-electron chi connectivity index (χ3n) is 7.28. The lowest BCUT2D eigenvalue weighted by Gasteiger charge is -2.47. The van der Waals surface area contributed by atoms with E-state index in [1.165, 1.54) is 12.5 Å². The van der Waals surface area contributed by atoms with Crippen molar-refractivity contribution in [3.8, 4) is 22.8 Å². The van der Waals surface area contributed by atoms with Crippen LogP contribution in [0.4, 0.5) is 10.2 Å². The Hall–Kier alpha value is -3.53. The summed E-state index contributed by atoms with van der Waals surface area (Å²) in [6, 6.07) is 3.01. The summed E-state index contributed by atoms with van der Waals surface area (Å²) in [7, 11) is 0. The van der Waals surface area contributed by atoms with Crippen LogP contribution < -0.4 is 5.32 Å². The molecule has 2 bridgehead atoms. The van der Waals surface area contributed by atoms with Gasteiger partial charge in [0, 0.05) is 12.2 Å². The summed E-state index contributed by atoms with van der Waals surface area (Å²) in [6.45, 7) is 2.10. The first kappa shape index (κ1) is 22.9. The number of ether oxygens (including phenoxy) is 1. The number of hydrogen-bond donors (Lipinski definition) is 2. The van der Waals surface area contributed by atoms with Crippen LogP contribution in [0.2, 0.25) is 5.15 Å². The Bertz CT molecular complexity index is 1420. The lowest BCUT2D eigenvalue weighted by molar-refractivity contribution is -0.154. The number of anilines is 1. The average molecular weight is 511 g/mol. The van der Waals surface area contributed by atoms with Gasteiger partial charge in [0.15, 0.2) is 28.9 Å². The minimum absolute atomic E-state index is 0.00882. The summed E-state index contributed by atoms with van der Waals surface area (Å²) >= 11 is 5.98. The van der Waals surface area contributed by atoms with Gasteiger partial charge in [-0.25, -0.2) is 24.3 Å². The van der Waals surface area contributed by atoms with E-state index in [2.05, 4.69) is 30.2 Å². The van der Waals surface area contributed by atoms with E-state index in [0.717, 1.165) is 25.7 Å². The third-order valence-corrected chi connectivity index (χ3v) is 7.46. The number of rotatable bonds is 6. The molecule has 7 rings (SSSR count). The van der Waals surface area contributed by atoms with Crippen LogP contribution in [0.15, 0.2) is 35.2 Å². The van der Waals surface area contributed by atoms with E-state index >= 15 is 4.39 Å². The first-order valence-corrected chi connectivity index (χ1v) is 12.5. The van der Waals surface area contributed by atoms with Gasteiger partial charge in [-0.05, 0) is 56.6 Å². The minimum atomic E-state index is -0.647. The lowest BCUT2D eigenvalue weighted by Crippen LogP contribution is -2.52. The molecule has 186 valence electrons. The van der Waals surface area contributed by atoms with E-state index in [4.69, 9.17) is 20.8 Å². The average Bonchev–Trinajstić information content (AvgIpc) is 3.56. The van der Waals surface area contributed by atoms with E-state index in [-0.39, 0.29) is 58.0 Å². The van der Waals surface area contributed by atoms with Crippen LogP contribution in [0.25, 0.3) is 34.0 Å². The van der Waals surface area contributed by atoms with Crippen LogP contribution >= 0.6 is 11.6 Å². The van der Waals surface area contributed by atoms with Gasteiger partial charge in [0.25, 0.3) is 0 Å². The molecule has 0 aliphatic heterocycles. The van der Waals surface area contributed by atoms with Crippen molar-refractivity contribution in [3.63, 3.8) is 0 Å². The normalized spacial score (nSPS) is 23.2. The van der Waals surface area contributed by atoms with Crippen molar-refractivity contribution in [2.24, 2.45) is 17.8 Å². The highest BCUT2D eigenvalue weighted by atomic mass is 35.5. The maximum atomic E-state index is 15.9. The van der Waals surface area contributed by atoms with Gasteiger partial charge in [0.1, 0.15) is 16.4 Å². The van der Waals surface area contributed by atoms with Crippen molar-refractivity contribution in [1.82, 2.24) is 24.9 Å². The third kappa shape index (κ3) is 3.89. The predicted octanol–water partition coefficient (Wildman–Crippen LogP) is 5.25. The first-order chi connectivity index (χ1) is 17.5. The van der Waals surface area contributed by atoms with Crippen molar-refractivity contribution in [2.75, 3.05) is 11.9 Å². The zero-order chi connectivity index (χ0) is 24.8. The Morgan fingerprint density at radius 3 is 2.81 bits per heavy atom. The zero-order valence-corrected chi connectivity index (χ0v) is 20.3. The van der Waals surface area contributed by atoms with Crippen LogP contribution in [0, 0.1) is 23.6 Å². The second-order valence-electron chi connectivity index (χ2n) is 9.25. The van der Waals surface area contributed by atoms with Gasteiger partial charge < -0.3 is 19.5 Å². The molecule has 4 heterocycles. The van der Waals surface area contributed by atoms with Gasteiger partial charge in [0.05, 0.1) is 30.5 Å². The number of aromatic nitrogens is 5. The molecule has 0 aromatic carbocycles. The number of halogens is 2. The van der Waals surface area contributed by atoms with Gasteiger partial charge in [0.2, 0.25) is 0 Å². The van der Waals surface area contributed by atoms with Crippen molar-refractivity contribution in [1.29, 1.82) is 0 Å². The molecule has 0 radical (unpaired) electrons. The van der Waals surface area contributed by atoms with Gasteiger partial charge >= 0.3 is 5.97 Å². The Morgan fingerprint density at radius 1 is 1.25 bits per heavy atom. The molecule has 3 saturated carbocycles. The number of furan rings is 1. The molecule has 4 aromatic rings. The second kappa shape index (κ2) is 9.16. The maximum absolute atomic E-state index is 15.9. The lowest BCUT2D eigenvalue weighted by atomic mass is 9.61. The molecule has 3 fully saturated rings. The molecule has 4 aromatic heterocycles. The van der Waals surface area contributed by atoms with Crippen molar-refractivity contribution in [3.05, 3.63) is 41.8 Å². The minimum Gasteiger partial charge on any atom is -0.466 e. The topological polar surface area (TPSA) is 119 Å². The Morgan fingerprint density at radius 2 is 2.06 bits per heavy atom. The van der Waals surface area contributed by atoms with Gasteiger partial charge in [-0.1, -0.05) is 11.6 Å². The van der Waals surface area contributed by atoms with Crippen molar-refractivity contribution >= 4 is 34.6 Å².